The number of rotatable bonds is 1. The van der Waals surface area contributed by atoms with Crippen LogP contribution in [0.2, 0.25) is 0 Å². The van der Waals surface area contributed by atoms with Crippen LogP contribution in [0.15, 0.2) is 0 Å². The zero-order valence-corrected chi connectivity index (χ0v) is 12.2. The molecular weight excluding hydrogens is 264 g/mol. The minimum atomic E-state index is -0.891. The number of urea groups is 1. The predicted octanol–water partition coefficient (Wildman–Crippen LogP) is 2.22. The second kappa shape index (κ2) is 6.50. The third-order valence-electron chi connectivity index (χ3n) is 3.86. The molecule has 1 N–H and O–H groups in total. The number of hydrogen-bond acceptors (Lipinski definition) is 3. The average molecular weight is 286 g/mol. The molecular formula is C13H22N2O3S. The molecule has 0 aliphatic carbocycles. The zero-order valence-electron chi connectivity index (χ0n) is 11.4. The highest BCUT2D eigenvalue weighted by atomic mass is 32.2. The molecule has 108 valence electrons. The fourth-order valence-electron chi connectivity index (χ4n) is 2.73. The van der Waals surface area contributed by atoms with Gasteiger partial charge in [-0.25, -0.2) is 9.59 Å². The van der Waals surface area contributed by atoms with Crippen LogP contribution in [-0.4, -0.2) is 57.2 Å². The van der Waals surface area contributed by atoms with E-state index in [9.17, 15) is 14.7 Å². The van der Waals surface area contributed by atoms with Crippen molar-refractivity contribution in [1.82, 2.24) is 9.80 Å². The Morgan fingerprint density at radius 1 is 1.11 bits per heavy atom. The zero-order chi connectivity index (χ0) is 13.8. The Kier molecular flexibility index (Phi) is 4.96. The van der Waals surface area contributed by atoms with Crippen molar-refractivity contribution in [2.75, 3.05) is 18.8 Å². The number of carboxylic acid groups (broad SMARTS) is 1. The van der Waals surface area contributed by atoms with Crippen LogP contribution >= 0.6 is 11.8 Å². The summed E-state index contributed by atoms with van der Waals surface area (Å²) in [5, 5.41) is 9.18. The van der Waals surface area contributed by atoms with E-state index in [0.717, 1.165) is 38.8 Å². The second-order valence-corrected chi connectivity index (χ2v) is 6.58. The molecule has 2 atom stereocenters. The van der Waals surface area contributed by atoms with Gasteiger partial charge < -0.3 is 10.0 Å². The fourth-order valence-corrected chi connectivity index (χ4v) is 3.89. The van der Waals surface area contributed by atoms with Gasteiger partial charge in [0.15, 0.2) is 0 Å². The molecule has 2 unspecified atom stereocenters. The molecule has 5 nitrogen and oxygen atoms in total. The molecule has 2 rings (SSSR count). The molecule has 19 heavy (non-hydrogen) atoms. The highest BCUT2D eigenvalue weighted by Gasteiger charge is 2.41. The first kappa shape index (κ1) is 14.5. The van der Waals surface area contributed by atoms with E-state index in [0.29, 0.717) is 5.75 Å². The van der Waals surface area contributed by atoms with E-state index in [4.69, 9.17) is 0 Å². The molecule has 2 aliphatic heterocycles. The largest absolute Gasteiger partial charge is 0.480 e. The summed E-state index contributed by atoms with van der Waals surface area (Å²) in [6, 6.07) is -0.759. The number of carboxylic acids is 1. The average Bonchev–Trinajstić information content (AvgIpc) is 2.70. The van der Waals surface area contributed by atoms with E-state index in [1.807, 2.05) is 11.8 Å². The summed E-state index contributed by atoms with van der Waals surface area (Å²) < 4.78 is 0. The van der Waals surface area contributed by atoms with Gasteiger partial charge in [-0.1, -0.05) is 19.3 Å². The number of nitrogens with zero attached hydrogens (tertiary/aromatic N) is 2. The first-order valence-electron chi connectivity index (χ1n) is 7.03. The smallest absolute Gasteiger partial charge is 0.327 e. The van der Waals surface area contributed by atoms with Crippen molar-refractivity contribution in [3.05, 3.63) is 0 Å². The third-order valence-corrected chi connectivity index (χ3v) is 5.07. The highest BCUT2D eigenvalue weighted by molar-refractivity contribution is 8.00. The quantitative estimate of drug-likeness (QED) is 0.803. The van der Waals surface area contributed by atoms with Crippen LogP contribution < -0.4 is 0 Å². The van der Waals surface area contributed by atoms with E-state index in [-0.39, 0.29) is 11.4 Å². The maximum atomic E-state index is 12.6. The number of amides is 2. The van der Waals surface area contributed by atoms with Crippen LogP contribution in [0.3, 0.4) is 0 Å². The topological polar surface area (TPSA) is 60.9 Å². The first-order valence-corrected chi connectivity index (χ1v) is 8.08. The monoisotopic (exact) mass is 286 g/mol. The standard InChI is InChI=1S/C13H22N2O3S/c1-10-15(11(9-19-10)12(16)17)13(18)14-7-5-3-2-4-6-8-14/h10-11H,2-9H2,1H3,(H,16,17). The second-order valence-electron chi connectivity index (χ2n) is 5.23. The van der Waals surface area contributed by atoms with Crippen molar-refractivity contribution in [3.8, 4) is 0 Å². The number of aliphatic carboxylic acids is 1. The van der Waals surface area contributed by atoms with Gasteiger partial charge in [0.2, 0.25) is 0 Å². The normalized spacial score (nSPS) is 28.9. The molecule has 6 heteroatoms. The molecule has 0 aromatic rings. The van der Waals surface area contributed by atoms with Gasteiger partial charge in [0.1, 0.15) is 6.04 Å². The van der Waals surface area contributed by atoms with Crippen LogP contribution in [0.1, 0.15) is 39.0 Å². The molecule has 0 saturated carbocycles. The highest BCUT2D eigenvalue weighted by Crippen LogP contribution is 2.30. The van der Waals surface area contributed by atoms with Gasteiger partial charge >= 0.3 is 12.0 Å². The molecule has 0 bridgehead atoms. The predicted molar refractivity (Wildman–Crippen MR) is 75.2 cm³/mol. The first-order chi connectivity index (χ1) is 9.11. The lowest BCUT2D eigenvalue weighted by molar-refractivity contribution is -0.141. The molecule has 2 saturated heterocycles. The molecule has 2 aliphatic rings. The van der Waals surface area contributed by atoms with Gasteiger partial charge in [-0.3, -0.25) is 4.90 Å². The van der Waals surface area contributed by atoms with Crippen molar-refractivity contribution in [2.24, 2.45) is 0 Å². The van der Waals surface area contributed by atoms with Crippen LogP contribution in [0.25, 0.3) is 0 Å². The molecule has 0 aromatic carbocycles. The minimum absolute atomic E-state index is 0.0426. The summed E-state index contributed by atoms with van der Waals surface area (Å²) in [4.78, 5) is 27.2. The van der Waals surface area contributed by atoms with E-state index < -0.39 is 12.0 Å². The Morgan fingerprint density at radius 3 is 2.26 bits per heavy atom. The van der Waals surface area contributed by atoms with Crippen molar-refractivity contribution in [3.63, 3.8) is 0 Å². The Morgan fingerprint density at radius 2 is 1.68 bits per heavy atom. The van der Waals surface area contributed by atoms with Gasteiger partial charge in [-0.05, 0) is 19.8 Å². The SMILES string of the molecule is CC1SCC(C(=O)O)N1C(=O)N1CCCCCCC1. The summed E-state index contributed by atoms with van der Waals surface area (Å²) in [6.45, 7) is 3.44. The van der Waals surface area contributed by atoms with Crippen molar-refractivity contribution in [2.45, 2.75) is 50.4 Å². The van der Waals surface area contributed by atoms with Crippen molar-refractivity contribution in [1.29, 1.82) is 0 Å². The van der Waals surface area contributed by atoms with Crippen LogP contribution in [0.5, 0.6) is 0 Å². The summed E-state index contributed by atoms with van der Waals surface area (Å²) >= 11 is 1.54. The summed E-state index contributed by atoms with van der Waals surface area (Å²) in [7, 11) is 0. The van der Waals surface area contributed by atoms with Crippen LogP contribution in [0.4, 0.5) is 4.79 Å². The number of hydrogen-bond donors (Lipinski definition) is 1. The summed E-state index contributed by atoms with van der Waals surface area (Å²) in [5.41, 5.74) is 0. The van der Waals surface area contributed by atoms with Crippen molar-refractivity contribution < 1.29 is 14.7 Å². The molecule has 2 fully saturated rings. The fraction of sp³-hybridized carbons (Fsp3) is 0.846. The lowest BCUT2D eigenvalue weighted by Gasteiger charge is -2.33. The van der Waals surface area contributed by atoms with E-state index >= 15 is 0 Å². The van der Waals surface area contributed by atoms with E-state index in [2.05, 4.69) is 0 Å². The Balaban J connectivity index is 2.05. The number of carbonyl (C=O) groups is 2. The van der Waals surface area contributed by atoms with E-state index in [1.165, 1.54) is 6.42 Å². The maximum Gasteiger partial charge on any atom is 0.327 e. The molecule has 0 radical (unpaired) electrons. The van der Waals surface area contributed by atoms with Crippen LogP contribution in [-0.2, 0) is 4.79 Å². The Hall–Kier alpha value is -0.910. The molecule has 0 spiro atoms. The maximum absolute atomic E-state index is 12.6. The number of thioether (sulfide) groups is 1. The Labute approximate surface area is 118 Å². The third kappa shape index (κ3) is 3.35. The van der Waals surface area contributed by atoms with Gasteiger partial charge in [-0.2, -0.15) is 0 Å². The van der Waals surface area contributed by atoms with Gasteiger partial charge in [-0.15, -0.1) is 11.8 Å². The van der Waals surface area contributed by atoms with E-state index in [1.54, 1.807) is 16.7 Å². The van der Waals surface area contributed by atoms with Gasteiger partial charge in [0.05, 0.1) is 5.37 Å². The van der Waals surface area contributed by atoms with Gasteiger partial charge in [0, 0.05) is 18.8 Å². The number of likely N-dealkylation sites (tertiary alicyclic amines) is 1. The van der Waals surface area contributed by atoms with Crippen molar-refractivity contribution >= 4 is 23.8 Å². The minimum Gasteiger partial charge on any atom is -0.480 e. The molecule has 0 aromatic heterocycles. The summed E-state index contributed by atoms with van der Waals surface area (Å²) in [6.07, 6.45) is 5.63. The molecule has 2 heterocycles. The Bertz CT molecular complexity index is 343. The van der Waals surface area contributed by atoms with Crippen LogP contribution in [0, 0.1) is 0 Å². The lowest BCUT2D eigenvalue weighted by atomic mass is 10.1. The van der Waals surface area contributed by atoms with Gasteiger partial charge in [0.25, 0.3) is 0 Å². The molecule has 2 amide bonds. The number of carbonyl (C=O) groups excluding carboxylic acids is 1. The summed E-state index contributed by atoms with van der Waals surface area (Å²) in [5.74, 6) is -0.395. The lowest BCUT2D eigenvalue weighted by Crippen LogP contribution is -2.51.